The van der Waals surface area contributed by atoms with E-state index in [4.69, 9.17) is 0 Å². The van der Waals surface area contributed by atoms with Crippen LogP contribution in [0.3, 0.4) is 0 Å². The molecule has 0 fully saturated rings. The molecule has 0 radical (unpaired) electrons. The lowest BCUT2D eigenvalue weighted by Crippen LogP contribution is -2.11. The Morgan fingerprint density at radius 3 is 1.39 bits per heavy atom. The monoisotopic (exact) mass is 890 g/mol. The van der Waals surface area contributed by atoms with Crippen molar-refractivity contribution in [2.45, 2.75) is 0 Å². The molecule has 0 spiro atoms. The van der Waals surface area contributed by atoms with Gasteiger partial charge in [-0.3, -0.25) is 0 Å². The van der Waals surface area contributed by atoms with Crippen LogP contribution < -0.4 is 4.90 Å². The second kappa shape index (κ2) is 17.4. The van der Waals surface area contributed by atoms with Crippen LogP contribution >= 0.6 is 0 Å². The van der Waals surface area contributed by atoms with Gasteiger partial charge in [0.15, 0.2) is 0 Å². The van der Waals surface area contributed by atoms with E-state index in [1.165, 1.54) is 82.3 Å². The molecule has 0 saturated heterocycles. The van der Waals surface area contributed by atoms with Crippen LogP contribution in [-0.2, 0) is 0 Å². The lowest BCUT2D eigenvalue weighted by molar-refractivity contribution is 1.18. The van der Waals surface area contributed by atoms with E-state index in [1.807, 2.05) is 0 Å². The van der Waals surface area contributed by atoms with Gasteiger partial charge < -0.3 is 9.47 Å². The summed E-state index contributed by atoms with van der Waals surface area (Å²) in [4.78, 5) is 2.41. The van der Waals surface area contributed by atoms with Gasteiger partial charge in [-0.2, -0.15) is 0 Å². The molecule has 0 saturated carbocycles. The Hall–Kier alpha value is -9.24. The highest BCUT2D eigenvalue weighted by Crippen LogP contribution is 2.47. The van der Waals surface area contributed by atoms with Gasteiger partial charge in [-0.1, -0.05) is 224 Å². The highest BCUT2D eigenvalue weighted by molar-refractivity contribution is 6.22. The first-order valence-corrected chi connectivity index (χ1v) is 24.1. The van der Waals surface area contributed by atoms with Gasteiger partial charge in [-0.05, 0) is 121 Å². The number of para-hydroxylation sites is 4. The predicted octanol–water partition coefficient (Wildman–Crippen LogP) is 18.9. The second-order valence-corrected chi connectivity index (χ2v) is 18.0. The minimum Gasteiger partial charge on any atom is -0.310 e. The van der Waals surface area contributed by atoms with E-state index in [9.17, 15) is 0 Å². The molecule has 1 heterocycles. The largest absolute Gasteiger partial charge is 0.310 e. The number of nitrogens with zero attached hydrogens (tertiary/aromatic N) is 2. The minimum absolute atomic E-state index is 1.08. The Labute approximate surface area is 408 Å². The van der Waals surface area contributed by atoms with Crippen molar-refractivity contribution in [1.82, 2.24) is 4.57 Å². The molecule has 0 N–H and O–H groups in total. The number of hydrogen-bond acceptors (Lipinski definition) is 1. The Kier molecular flexibility index (Phi) is 10.2. The number of aromatic nitrogens is 1. The summed E-state index contributed by atoms with van der Waals surface area (Å²) >= 11 is 0. The molecule has 1 aromatic heterocycles. The number of rotatable bonds is 9. The van der Waals surface area contributed by atoms with Crippen LogP contribution in [-0.4, -0.2) is 4.57 Å². The Balaban J connectivity index is 0.952. The summed E-state index contributed by atoms with van der Waals surface area (Å²) in [6, 6.07) is 102. The third-order valence-corrected chi connectivity index (χ3v) is 14.0. The molecule has 0 atom stereocenters. The van der Waals surface area contributed by atoms with E-state index in [0.29, 0.717) is 0 Å². The minimum atomic E-state index is 1.08. The molecule has 13 rings (SSSR count). The SMILES string of the molecule is c1ccc(-c2ccccc2N(c2ccc(-c3ccc4c(c3)c(-c3ccccc3)c(-c3ccccc3)c3ccccc34)cc2)c2ccc(-c3cccc4c5ccccc5n(-c5ccccc5)c34)cc2)cc1. The molecular formula is C68H46N2. The smallest absolute Gasteiger partial charge is 0.0619 e. The fourth-order valence-electron chi connectivity index (χ4n) is 10.8. The van der Waals surface area contributed by atoms with Crippen LogP contribution in [0.1, 0.15) is 0 Å². The quantitative estimate of drug-likeness (QED) is 0.131. The number of hydrogen-bond donors (Lipinski definition) is 0. The van der Waals surface area contributed by atoms with E-state index in [0.717, 1.165) is 39.4 Å². The fourth-order valence-corrected chi connectivity index (χ4v) is 10.8. The molecule has 0 aliphatic carbocycles. The first kappa shape index (κ1) is 41.0. The van der Waals surface area contributed by atoms with Crippen LogP contribution in [0, 0.1) is 0 Å². The molecule has 70 heavy (non-hydrogen) atoms. The first-order chi connectivity index (χ1) is 34.8. The van der Waals surface area contributed by atoms with Gasteiger partial charge in [0.05, 0.1) is 16.7 Å². The third-order valence-electron chi connectivity index (χ3n) is 14.0. The van der Waals surface area contributed by atoms with Gasteiger partial charge in [0.2, 0.25) is 0 Å². The van der Waals surface area contributed by atoms with Crippen molar-refractivity contribution in [3.05, 3.63) is 279 Å². The molecule has 2 nitrogen and oxygen atoms in total. The van der Waals surface area contributed by atoms with E-state index in [-0.39, 0.29) is 0 Å². The zero-order valence-corrected chi connectivity index (χ0v) is 38.5. The molecule has 0 amide bonds. The topological polar surface area (TPSA) is 8.17 Å². The van der Waals surface area contributed by atoms with Crippen molar-refractivity contribution >= 4 is 60.4 Å². The van der Waals surface area contributed by atoms with Crippen LogP contribution in [0.5, 0.6) is 0 Å². The average Bonchev–Trinajstić information content (AvgIpc) is 3.79. The maximum absolute atomic E-state index is 2.42. The van der Waals surface area contributed by atoms with Gasteiger partial charge in [0.25, 0.3) is 0 Å². The van der Waals surface area contributed by atoms with Crippen LogP contribution in [0.4, 0.5) is 17.1 Å². The summed E-state index contributed by atoms with van der Waals surface area (Å²) in [6.45, 7) is 0. The average molecular weight is 891 g/mol. The van der Waals surface area contributed by atoms with Gasteiger partial charge in [0, 0.05) is 39.0 Å². The van der Waals surface area contributed by atoms with Crippen molar-refractivity contribution in [1.29, 1.82) is 0 Å². The number of anilines is 3. The van der Waals surface area contributed by atoms with Crippen LogP contribution in [0.25, 0.3) is 105 Å². The molecule has 12 aromatic carbocycles. The normalized spacial score (nSPS) is 11.4. The van der Waals surface area contributed by atoms with E-state index in [2.05, 4.69) is 289 Å². The maximum Gasteiger partial charge on any atom is 0.0619 e. The van der Waals surface area contributed by atoms with Crippen molar-refractivity contribution in [2.75, 3.05) is 4.90 Å². The maximum atomic E-state index is 2.42. The van der Waals surface area contributed by atoms with Crippen molar-refractivity contribution in [2.24, 2.45) is 0 Å². The Morgan fingerprint density at radius 2 is 0.714 bits per heavy atom. The van der Waals surface area contributed by atoms with E-state index >= 15 is 0 Å². The highest BCUT2D eigenvalue weighted by Gasteiger charge is 2.21. The molecule has 2 heteroatoms. The predicted molar refractivity (Wildman–Crippen MR) is 298 cm³/mol. The van der Waals surface area contributed by atoms with Crippen molar-refractivity contribution < 1.29 is 0 Å². The molecule has 0 aliphatic heterocycles. The summed E-state index contributed by atoms with van der Waals surface area (Å²) in [5.41, 5.74) is 18.8. The van der Waals surface area contributed by atoms with Crippen molar-refractivity contribution in [3.8, 4) is 61.3 Å². The van der Waals surface area contributed by atoms with Crippen LogP contribution in [0.15, 0.2) is 279 Å². The standard InChI is InChI=1S/C68H46N2/c1-5-20-48(21-6-1)56-28-15-17-34-64(56)69(55-43-38-49(39-44-55)57-32-19-33-62-60-30-16-18-35-65(60)70(68(57)62)53-26-11-4-12-27-53)54-41-36-47(37-42-54)52-40-45-59-58-29-13-14-31-61(58)66(50-22-7-2-8-23-50)67(63(59)46-52)51-24-9-3-10-25-51/h1-46H. The van der Waals surface area contributed by atoms with E-state index in [1.54, 1.807) is 0 Å². The number of fused-ring (bicyclic) bond motifs is 6. The summed E-state index contributed by atoms with van der Waals surface area (Å²) in [5, 5.41) is 7.49. The van der Waals surface area contributed by atoms with Gasteiger partial charge in [0.1, 0.15) is 0 Å². The summed E-state index contributed by atoms with van der Waals surface area (Å²) in [5.74, 6) is 0. The second-order valence-electron chi connectivity index (χ2n) is 18.0. The van der Waals surface area contributed by atoms with Crippen molar-refractivity contribution in [3.63, 3.8) is 0 Å². The van der Waals surface area contributed by atoms with Crippen LogP contribution in [0.2, 0.25) is 0 Å². The Bertz CT molecular complexity index is 4010. The van der Waals surface area contributed by atoms with Gasteiger partial charge in [-0.15, -0.1) is 0 Å². The van der Waals surface area contributed by atoms with Gasteiger partial charge in [-0.25, -0.2) is 0 Å². The molecule has 0 aliphatic rings. The molecular weight excluding hydrogens is 845 g/mol. The lowest BCUT2D eigenvalue weighted by atomic mass is 9.84. The lowest BCUT2D eigenvalue weighted by Gasteiger charge is -2.28. The van der Waals surface area contributed by atoms with Gasteiger partial charge >= 0.3 is 0 Å². The Morgan fingerprint density at radius 1 is 0.257 bits per heavy atom. The summed E-state index contributed by atoms with van der Waals surface area (Å²) < 4.78 is 2.42. The number of benzene rings is 12. The molecule has 0 unspecified atom stereocenters. The fraction of sp³-hybridized carbons (Fsp3) is 0. The highest BCUT2D eigenvalue weighted by atomic mass is 15.1. The molecule has 328 valence electrons. The van der Waals surface area contributed by atoms with E-state index < -0.39 is 0 Å². The molecule has 0 bridgehead atoms. The summed E-state index contributed by atoms with van der Waals surface area (Å²) in [7, 11) is 0. The molecule has 13 aromatic rings. The third kappa shape index (κ3) is 7.05. The first-order valence-electron chi connectivity index (χ1n) is 24.1. The summed E-state index contributed by atoms with van der Waals surface area (Å²) in [6.07, 6.45) is 0. The zero-order valence-electron chi connectivity index (χ0n) is 38.5. The zero-order chi connectivity index (χ0) is 46.4.